The lowest BCUT2D eigenvalue weighted by Crippen LogP contribution is -2.38. The molecule has 0 aromatic heterocycles. The number of methoxy groups -OCH3 is 2. The SMILES string of the molecule is COCCNC(=NCc1ccc([N+](=O)[O-])cc1)NCc1ccccc1OC. The number of rotatable bonds is 9. The summed E-state index contributed by atoms with van der Waals surface area (Å²) in [7, 11) is 3.27. The number of hydrogen-bond acceptors (Lipinski definition) is 5. The number of nitrogens with one attached hydrogen (secondary N) is 2. The Morgan fingerprint density at radius 3 is 2.52 bits per heavy atom. The van der Waals surface area contributed by atoms with Gasteiger partial charge in [0.2, 0.25) is 0 Å². The molecule has 0 unspecified atom stereocenters. The van der Waals surface area contributed by atoms with Gasteiger partial charge in [-0.05, 0) is 11.6 Å². The molecular weight excluding hydrogens is 348 g/mol. The molecule has 0 atom stereocenters. The molecule has 2 aromatic carbocycles. The van der Waals surface area contributed by atoms with E-state index in [1.54, 1.807) is 26.4 Å². The van der Waals surface area contributed by atoms with Gasteiger partial charge < -0.3 is 20.1 Å². The molecule has 0 saturated carbocycles. The van der Waals surface area contributed by atoms with E-state index >= 15 is 0 Å². The number of nitrogens with zero attached hydrogens (tertiary/aromatic N) is 2. The fourth-order valence-electron chi connectivity index (χ4n) is 2.37. The maximum atomic E-state index is 10.7. The Morgan fingerprint density at radius 1 is 1.11 bits per heavy atom. The van der Waals surface area contributed by atoms with Crippen LogP contribution >= 0.6 is 0 Å². The summed E-state index contributed by atoms with van der Waals surface area (Å²) in [6.07, 6.45) is 0. The lowest BCUT2D eigenvalue weighted by molar-refractivity contribution is -0.384. The van der Waals surface area contributed by atoms with E-state index in [0.29, 0.717) is 32.2 Å². The van der Waals surface area contributed by atoms with Gasteiger partial charge in [-0.3, -0.25) is 10.1 Å². The first-order valence-electron chi connectivity index (χ1n) is 8.50. The molecule has 0 amide bonds. The zero-order valence-electron chi connectivity index (χ0n) is 15.5. The number of non-ortho nitro benzene ring substituents is 1. The largest absolute Gasteiger partial charge is 0.496 e. The van der Waals surface area contributed by atoms with E-state index in [0.717, 1.165) is 16.9 Å². The Balaban J connectivity index is 2.03. The molecule has 2 N–H and O–H groups in total. The molecule has 2 rings (SSSR count). The highest BCUT2D eigenvalue weighted by Gasteiger charge is 2.06. The zero-order chi connectivity index (χ0) is 19.5. The van der Waals surface area contributed by atoms with E-state index in [4.69, 9.17) is 9.47 Å². The van der Waals surface area contributed by atoms with E-state index in [2.05, 4.69) is 15.6 Å². The molecule has 8 heteroatoms. The molecule has 0 radical (unpaired) electrons. The van der Waals surface area contributed by atoms with Gasteiger partial charge in [-0.15, -0.1) is 0 Å². The minimum atomic E-state index is -0.417. The van der Waals surface area contributed by atoms with Gasteiger partial charge >= 0.3 is 0 Å². The van der Waals surface area contributed by atoms with Crippen molar-refractivity contribution in [3.05, 3.63) is 69.8 Å². The summed E-state index contributed by atoms with van der Waals surface area (Å²) < 4.78 is 10.4. The van der Waals surface area contributed by atoms with Crippen molar-refractivity contribution in [3.63, 3.8) is 0 Å². The van der Waals surface area contributed by atoms with Crippen molar-refractivity contribution in [1.82, 2.24) is 10.6 Å². The lowest BCUT2D eigenvalue weighted by atomic mass is 10.2. The first-order chi connectivity index (χ1) is 13.1. The van der Waals surface area contributed by atoms with Crippen LogP contribution in [0.3, 0.4) is 0 Å². The Hall–Kier alpha value is -3.13. The van der Waals surface area contributed by atoms with Crippen LogP contribution in [0, 0.1) is 10.1 Å². The van der Waals surface area contributed by atoms with Crippen molar-refractivity contribution in [2.45, 2.75) is 13.1 Å². The maximum absolute atomic E-state index is 10.7. The normalized spacial score (nSPS) is 11.1. The monoisotopic (exact) mass is 372 g/mol. The van der Waals surface area contributed by atoms with Gasteiger partial charge in [-0.25, -0.2) is 4.99 Å². The van der Waals surface area contributed by atoms with E-state index in [9.17, 15) is 10.1 Å². The first-order valence-corrected chi connectivity index (χ1v) is 8.50. The molecule has 0 bridgehead atoms. The van der Waals surface area contributed by atoms with Gasteiger partial charge in [-0.1, -0.05) is 30.3 Å². The highest BCUT2D eigenvalue weighted by Crippen LogP contribution is 2.16. The predicted octanol–water partition coefficient (Wildman–Crippen LogP) is 2.49. The van der Waals surface area contributed by atoms with E-state index in [-0.39, 0.29) is 5.69 Å². The second kappa shape index (κ2) is 10.8. The third kappa shape index (κ3) is 6.59. The number of para-hydroxylation sites is 1. The standard InChI is InChI=1S/C19H24N4O4/c1-26-12-11-20-19(22-14-16-5-3-4-6-18(16)27-2)21-13-15-7-9-17(10-8-15)23(24)25/h3-10H,11-14H2,1-2H3,(H2,20,21,22). The Labute approximate surface area is 158 Å². The predicted molar refractivity (Wildman–Crippen MR) is 104 cm³/mol. The molecular formula is C19H24N4O4. The third-order valence-electron chi connectivity index (χ3n) is 3.80. The number of aliphatic imine (C=N–C) groups is 1. The molecule has 0 aliphatic heterocycles. The number of guanidine groups is 1. The average molecular weight is 372 g/mol. The van der Waals surface area contributed by atoms with Crippen molar-refractivity contribution in [2.24, 2.45) is 4.99 Å². The number of nitro groups is 1. The highest BCUT2D eigenvalue weighted by molar-refractivity contribution is 5.79. The van der Waals surface area contributed by atoms with Crippen LogP contribution in [0.15, 0.2) is 53.5 Å². The van der Waals surface area contributed by atoms with Gasteiger partial charge in [0.15, 0.2) is 5.96 Å². The Kier molecular flexibility index (Phi) is 8.05. The zero-order valence-corrected chi connectivity index (χ0v) is 15.5. The van der Waals surface area contributed by atoms with Crippen LogP contribution in [-0.2, 0) is 17.8 Å². The van der Waals surface area contributed by atoms with Crippen molar-refractivity contribution >= 4 is 11.6 Å². The number of benzene rings is 2. The molecule has 8 nitrogen and oxygen atoms in total. The molecule has 27 heavy (non-hydrogen) atoms. The topological polar surface area (TPSA) is 98.0 Å². The van der Waals surface area contributed by atoms with E-state index in [1.165, 1.54) is 12.1 Å². The molecule has 0 heterocycles. The van der Waals surface area contributed by atoms with Crippen LogP contribution in [0.4, 0.5) is 5.69 Å². The summed E-state index contributed by atoms with van der Waals surface area (Å²) in [6, 6.07) is 14.1. The van der Waals surface area contributed by atoms with Crippen LogP contribution in [0.2, 0.25) is 0 Å². The smallest absolute Gasteiger partial charge is 0.269 e. The minimum Gasteiger partial charge on any atom is -0.496 e. The fourth-order valence-corrected chi connectivity index (χ4v) is 2.37. The minimum absolute atomic E-state index is 0.0653. The molecule has 2 aromatic rings. The number of ether oxygens (including phenoxy) is 2. The van der Waals surface area contributed by atoms with Crippen LogP contribution in [0.5, 0.6) is 5.75 Å². The maximum Gasteiger partial charge on any atom is 0.269 e. The van der Waals surface area contributed by atoms with E-state index in [1.807, 2.05) is 24.3 Å². The Morgan fingerprint density at radius 2 is 1.85 bits per heavy atom. The summed E-state index contributed by atoms with van der Waals surface area (Å²) >= 11 is 0. The quantitative estimate of drug-likeness (QED) is 0.231. The summed E-state index contributed by atoms with van der Waals surface area (Å²) in [5.74, 6) is 1.42. The van der Waals surface area contributed by atoms with Crippen molar-refractivity contribution in [2.75, 3.05) is 27.4 Å². The van der Waals surface area contributed by atoms with Crippen LogP contribution in [0.25, 0.3) is 0 Å². The van der Waals surface area contributed by atoms with Gasteiger partial charge in [0.25, 0.3) is 5.69 Å². The molecule has 0 fully saturated rings. The van der Waals surface area contributed by atoms with Crippen molar-refractivity contribution in [3.8, 4) is 5.75 Å². The summed E-state index contributed by atoms with van der Waals surface area (Å²) in [6.45, 7) is 2.09. The summed E-state index contributed by atoms with van der Waals surface area (Å²) in [4.78, 5) is 14.9. The molecule has 0 aliphatic rings. The second-order valence-corrected chi connectivity index (χ2v) is 5.67. The first kappa shape index (κ1) is 20.2. The summed E-state index contributed by atoms with van der Waals surface area (Å²) in [5.41, 5.74) is 1.96. The third-order valence-corrected chi connectivity index (χ3v) is 3.80. The summed E-state index contributed by atoms with van der Waals surface area (Å²) in [5, 5.41) is 17.2. The van der Waals surface area contributed by atoms with Crippen LogP contribution in [-0.4, -0.2) is 38.3 Å². The molecule has 0 saturated heterocycles. The lowest BCUT2D eigenvalue weighted by Gasteiger charge is -2.14. The number of nitro benzene ring substituents is 1. The van der Waals surface area contributed by atoms with Gasteiger partial charge in [0, 0.05) is 37.9 Å². The molecule has 0 aliphatic carbocycles. The average Bonchev–Trinajstić information content (AvgIpc) is 2.70. The van der Waals surface area contributed by atoms with Gasteiger partial charge in [-0.2, -0.15) is 0 Å². The van der Waals surface area contributed by atoms with Gasteiger partial charge in [0.05, 0.1) is 25.2 Å². The van der Waals surface area contributed by atoms with Crippen molar-refractivity contribution < 1.29 is 14.4 Å². The van der Waals surface area contributed by atoms with Crippen LogP contribution < -0.4 is 15.4 Å². The van der Waals surface area contributed by atoms with Crippen LogP contribution in [0.1, 0.15) is 11.1 Å². The molecule has 0 spiro atoms. The van der Waals surface area contributed by atoms with Crippen molar-refractivity contribution in [1.29, 1.82) is 0 Å². The fraction of sp³-hybridized carbons (Fsp3) is 0.316. The Bertz CT molecular complexity index is 763. The second-order valence-electron chi connectivity index (χ2n) is 5.67. The molecule has 144 valence electrons. The van der Waals surface area contributed by atoms with E-state index < -0.39 is 4.92 Å². The highest BCUT2D eigenvalue weighted by atomic mass is 16.6. The van der Waals surface area contributed by atoms with Gasteiger partial charge in [0.1, 0.15) is 5.75 Å². The number of hydrogen-bond donors (Lipinski definition) is 2.